The Morgan fingerprint density at radius 2 is 1.79 bits per heavy atom. The van der Waals surface area contributed by atoms with Gasteiger partial charge in [-0.05, 0) is 18.2 Å². The number of hydrogen-bond acceptors (Lipinski definition) is 8. The molecular weight excluding hydrogens is 463 g/mol. The first-order valence-corrected chi connectivity index (χ1v) is 11.0. The zero-order chi connectivity index (χ0) is 23.8. The van der Waals surface area contributed by atoms with Crippen molar-refractivity contribution < 1.29 is 26.3 Å². The van der Waals surface area contributed by atoms with Crippen molar-refractivity contribution in [2.75, 3.05) is 5.75 Å². The van der Waals surface area contributed by atoms with Crippen molar-refractivity contribution in [3.8, 4) is 17.6 Å². The van der Waals surface area contributed by atoms with Crippen LogP contribution in [-0.4, -0.2) is 38.9 Å². The van der Waals surface area contributed by atoms with Crippen LogP contribution in [0.25, 0.3) is 16.6 Å². The summed E-state index contributed by atoms with van der Waals surface area (Å²) in [6, 6.07) is 5.26. The van der Waals surface area contributed by atoms with Gasteiger partial charge in [-0.3, -0.25) is 4.79 Å². The molecule has 3 aromatic heterocycles. The lowest BCUT2D eigenvalue weighted by molar-refractivity contribution is -0.137. The maximum Gasteiger partial charge on any atom is 0.416 e. The third kappa shape index (κ3) is 4.39. The molecule has 0 aliphatic heterocycles. The molecule has 0 saturated carbocycles. The number of alkyl halides is 3. The quantitative estimate of drug-likeness (QED) is 0.430. The molecule has 0 fully saturated rings. The fourth-order valence-electron chi connectivity index (χ4n) is 2.93. The summed E-state index contributed by atoms with van der Waals surface area (Å²) >= 11 is 0. The zero-order valence-electron chi connectivity index (χ0n) is 16.8. The molecule has 0 bridgehead atoms. The van der Waals surface area contributed by atoms with Crippen LogP contribution in [0.2, 0.25) is 0 Å². The maximum absolute atomic E-state index is 13.1. The van der Waals surface area contributed by atoms with Gasteiger partial charge in [0.25, 0.3) is 5.56 Å². The summed E-state index contributed by atoms with van der Waals surface area (Å²) in [5.74, 6) is -0.735. The van der Waals surface area contributed by atoms with Gasteiger partial charge in [0.2, 0.25) is 0 Å². The highest BCUT2D eigenvalue weighted by Gasteiger charge is 2.31. The van der Waals surface area contributed by atoms with Gasteiger partial charge in [0.1, 0.15) is 4.90 Å². The van der Waals surface area contributed by atoms with E-state index in [0.29, 0.717) is 10.7 Å². The third-order valence-corrected chi connectivity index (χ3v) is 6.32. The number of aromatic nitrogens is 5. The molecule has 0 N–H and O–H groups in total. The average molecular weight is 477 g/mol. The predicted molar refractivity (Wildman–Crippen MR) is 110 cm³/mol. The van der Waals surface area contributed by atoms with Crippen LogP contribution < -0.4 is 10.3 Å². The van der Waals surface area contributed by atoms with E-state index in [9.17, 15) is 26.4 Å². The Kier molecular flexibility index (Phi) is 5.57. The molecule has 0 radical (unpaired) electrons. The highest BCUT2D eigenvalue weighted by Crippen LogP contribution is 2.31. The number of rotatable bonds is 5. The first kappa shape index (κ1) is 22.3. The molecule has 0 amide bonds. The van der Waals surface area contributed by atoms with Crippen molar-refractivity contribution in [3.63, 3.8) is 0 Å². The van der Waals surface area contributed by atoms with E-state index in [4.69, 9.17) is 4.74 Å². The fourth-order valence-corrected chi connectivity index (χ4v) is 3.95. The number of halogens is 3. The topological polar surface area (TPSA) is 117 Å². The Morgan fingerprint density at radius 1 is 1.06 bits per heavy atom. The lowest BCUT2D eigenvalue weighted by Gasteiger charge is -2.13. The monoisotopic (exact) mass is 477 g/mol. The molecule has 4 aromatic rings. The SMILES string of the molecule is CCS(=O)(=O)c1cc(Oc2ncccn2)cnc1-n1ncc2ccc(C(F)(F)F)cc2c1=O. The summed E-state index contributed by atoms with van der Waals surface area (Å²) in [6.07, 6.45) is 0.458. The van der Waals surface area contributed by atoms with Crippen molar-refractivity contribution in [1.29, 1.82) is 0 Å². The van der Waals surface area contributed by atoms with Gasteiger partial charge < -0.3 is 4.74 Å². The minimum atomic E-state index is -4.66. The fraction of sp³-hybridized carbons (Fsp3) is 0.150. The Bertz CT molecular complexity index is 1510. The summed E-state index contributed by atoms with van der Waals surface area (Å²) in [6.45, 7) is 1.39. The van der Waals surface area contributed by atoms with E-state index in [1.54, 1.807) is 6.07 Å². The lowest BCUT2D eigenvalue weighted by Crippen LogP contribution is -2.25. The minimum Gasteiger partial charge on any atom is -0.423 e. The van der Waals surface area contributed by atoms with Crippen molar-refractivity contribution in [2.24, 2.45) is 0 Å². The molecule has 0 atom stereocenters. The molecule has 9 nitrogen and oxygen atoms in total. The zero-order valence-corrected chi connectivity index (χ0v) is 17.6. The number of ether oxygens (including phenoxy) is 1. The smallest absolute Gasteiger partial charge is 0.416 e. The number of pyridine rings is 1. The average Bonchev–Trinajstić information content (AvgIpc) is 2.79. The first-order chi connectivity index (χ1) is 15.6. The molecule has 0 unspecified atom stereocenters. The van der Waals surface area contributed by atoms with Crippen LogP contribution in [0, 0.1) is 0 Å². The second-order valence-electron chi connectivity index (χ2n) is 6.69. The van der Waals surface area contributed by atoms with Gasteiger partial charge in [-0.2, -0.15) is 23.0 Å². The largest absolute Gasteiger partial charge is 0.423 e. The van der Waals surface area contributed by atoms with Crippen LogP contribution in [0.3, 0.4) is 0 Å². The molecule has 13 heteroatoms. The number of sulfone groups is 1. The first-order valence-electron chi connectivity index (χ1n) is 9.37. The third-order valence-electron chi connectivity index (χ3n) is 4.59. The molecule has 170 valence electrons. The molecule has 0 spiro atoms. The van der Waals surface area contributed by atoms with Crippen LogP contribution in [0.4, 0.5) is 13.2 Å². The van der Waals surface area contributed by atoms with Gasteiger partial charge in [0.05, 0.1) is 29.1 Å². The summed E-state index contributed by atoms with van der Waals surface area (Å²) in [5.41, 5.74) is -1.98. The second kappa shape index (κ2) is 8.24. The van der Waals surface area contributed by atoms with Crippen LogP contribution in [0.15, 0.2) is 64.8 Å². The van der Waals surface area contributed by atoms with Gasteiger partial charge in [-0.15, -0.1) is 0 Å². The Morgan fingerprint density at radius 3 is 2.45 bits per heavy atom. The van der Waals surface area contributed by atoms with Crippen LogP contribution in [0.5, 0.6) is 11.8 Å². The summed E-state index contributed by atoms with van der Waals surface area (Å²) < 4.78 is 70.9. The van der Waals surface area contributed by atoms with Crippen molar-refractivity contribution in [2.45, 2.75) is 18.0 Å². The van der Waals surface area contributed by atoms with E-state index in [0.717, 1.165) is 30.6 Å². The molecule has 0 aliphatic rings. The summed E-state index contributed by atoms with van der Waals surface area (Å²) in [4.78, 5) is 24.4. The minimum absolute atomic E-state index is 0.0230. The highest BCUT2D eigenvalue weighted by molar-refractivity contribution is 7.91. The predicted octanol–water partition coefficient (Wildman–Crippen LogP) is 3.18. The Labute approximate surface area is 184 Å². The van der Waals surface area contributed by atoms with Crippen LogP contribution >= 0.6 is 0 Å². The van der Waals surface area contributed by atoms with Gasteiger partial charge in [0.15, 0.2) is 21.4 Å². The van der Waals surface area contributed by atoms with Gasteiger partial charge in [-0.1, -0.05) is 13.0 Å². The summed E-state index contributed by atoms with van der Waals surface area (Å²) in [7, 11) is -3.96. The molecule has 0 aliphatic carbocycles. The molecule has 33 heavy (non-hydrogen) atoms. The molecule has 1 aromatic carbocycles. The van der Waals surface area contributed by atoms with Crippen molar-refractivity contribution in [1.82, 2.24) is 24.7 Å². The summed E-state index contributed by atoms with van der Waals surface area (Å²) in [5, 5.41) is 3.79. The molecule has 4 rings (SSSR count). The highest BCUT2D eigenvalue weighted by atomic mass is 32.2. The Balaban J connectivity index is 1.90. The van der Waals surface area contributed by atoms with E-state index in [-0.39, 0.29) is 39.0 Å². The number of benzene rings is 1. The number of fused-ring (bicyclic) bond motifs is 1. The Hall–Kier alpha value is -3.87. The van der Waals surface area contributed by atoms with E-state index in [1.807, 2.05) is 0 Å². The molecule has 3 heterocycles. The standard InChI is InChI=1S/C20H14F3N5O4S/c1-2-33(30,31)16-9-14(32-19-24-6-3-7-25-19)11-26-17(16)28-18(29)15-8-13(20(21,22)23)5-4-12(15)10-27-28/h3-11H,2H2,1H3. The normalized spacial score (nSPS) is 12.1. The van der Waals surface area contributed by atoms with E-state index < -0.39 is 27.1 Å². The lowest BCUT2D eigenvalue weighted by atomic mass is 10.1. The van der Waals surface area contributed by atoms with Crippen LogP contribution in [0.1, 0.15) is 12.5 Å². The van der Waals surface area contributed by atoms with E-state index in [1.165, 1.54) is 19.3 Å². The van der Waals surface area contributed by atoms with E-state index in [2.05, 4.69) is 20.1 Å². The molecule has 0 saturated heterocycles. The van der Waals surface area contributed by atoms with Crippen LogP contribution in [-0.2, 0) is 16.0 Å². The van der Waals surface area contributed by atoms with Gasteiger partial charge in [0, 0.05) is 23.8 Å². The number of hydrogen-bond donors (Lipinski definition) is 0. The van der Waals surface area contributed by atoms with E-state index >= 15 is 0 Å². The second-order valence-corrected chi connectivity index (χ2v) is 8.94. The van der Waals surface area contributed by atoms with Gasteiger partial charge >= 0.3 is 12.2 Å². The number of nitrogens with zero attached hydrogens (tertiary/aromatic N) is 5. The molecular formula is C20H14F3N5O4S. The van der Waals surface area contributed by atoms with Crippen molar-refractivity contribution in [3.05, 3.63) is 71.0 Å². The van der Waals surface area contributed by atoms with Gasteiger partial charge in [-0.25, -0.2) is 23.4 Å². The maximum atomic E-state index is 13.1. The van der Waals surface area contributed by atoms with Crippen molar-refractivity contribution >= 4 is 20.6 Å².